The van der Waals surface area contributed by atoms with Crippen LogP contribution in [0, 0.1) is 5.92 Å². The summed E-state index contributed by atoms with van der Waals surface area (Å²) in [6, 6.07) is 5.53. The zero-order valence-electron chi connectivity index (χ0n) is 19.5. The summed E-state index contributed by atoms with van der Waals surface area (Å²) in [5.74, 6) is -0.269. The van der Waals surface area contributed by atoms with E-state index < -0.39 is 11.7 Å². The van der Waals surface area contributed by atoms with Gasteiger partial charge in [0.25, 0.3) is 0 Å². The number of Topliss-reactive ketones (excluding diaryl/α,β-unsaturated/α-hetero) is 1. The Hall–Kier alpha value is -3.19. The van der Waals surface area contributed by atoms with Crippen LogP contribution in [0.5, 0.6) is 28.7 Å². The van der Waals surface area contributed by atoms with Crippen molar-refractivity contribution in [1.82, 2.24) is 0 Å². The Bertz CT molecular complexity index is 1070. The molecule has 0 saturated heterocycles. The highest BCUT2D eigenvalue weighted by Gasteiger charge is 2.35. The number of benzene rings is 2. The second-order valence-corrected chi connectivity index (χ2v) is 9.36. The first-order valence-electron chi connectivity index (χ1n) is 10.9. The van der Waals surface area contributed by atoms with Crippen molar-refractivity contribution in [2.75, 3.05) is 7.11 Å². The molecule has 178 valence electrons. The third-order valence-electron chi connectivity index (χ3n) is 6.07. The quantitative estimate of drug-likeness (QED) is 0.421. The first kappa shape index (κ1) is 24.5. The van der Waals surface area contributed by atoms with Crippen LogP contribution in [0.4, 0.5) is 0 Å². The summed E-state index contributed by atoms with van der Waals surface area (Å²) < 4.78 is 11.7. The molecule has 2 atom stereocenters. The number of carbonyl (C=O) groups excluding carboxylic acids is 1. The van der Waals surface area contributed by atoms with Crippen molar-refractivity contribution >= 4 is 5.78 Å². The second kappa shape index (κ2) is 9.35. The van der Waals surface area contributed by atoms with E-state index in [0.717, 1.165) is 5.57 Å². The van der Waals surface area contributed by atoms with Crippen LogP contribution in [0.25, 0.3) is 0 Å². The van der Waals surface area contributed by atoms with Gasteiger partial charge in [-0.05, 0) is 58.1 Å². The van der Waals surface area contributed by atoms with E-state index in [1.807, 2.05) is 6.92 Å². The number of aliphatic hydroxyl groups is 1. The van der Waals surface area contributed by atoms with Crippen LogP contribution in [-0.2, 0) is 6.42 Å². The number of phenols is 3. The van der Waals surface area contributed by atoms with Crippen LogP contribution in [0.3, 0.4) is 0 Å². The van der Waals surface area contributed by atoms with Crippen molar-refractivity contribution in [2.45, 2.75) is 58.2 Å². The van der Waals surface area contributed by atoms with E-state index in [1.165, 1.54) is 31.4 Å². The van der Waals surface area contributed by atoms with Crippen LogP contribution in [0.1, 0.15) is 67.6 Å². The summed E-state index contributed by atoms with van der Waals surface area (Å²) in [5.41, 5.74) is 1.14. The molecule has 0 aliphatic carbocycles. The fourth-order valence-electron chi connectivity index (χ4n) is 4.17. The Kier molecular flexibility index (Phi) is 6.93. The van der Waals surface area contributed by atoms with Crippen LogP contribution in [-0.4, -0.2) is 38.9 Å². The maximum absolute atomic E-state index is 13.0. The van der Waals surface area contributed by atoms with E-state index in [9.17, 15) is 25.2 Å². The number of methoxy groups -OCH3 is 1. The highest BCUT2D eigenvalue weighted by atomic mass is 16.5. The number of hydrogen-bond acceptors (Lipinski definition) is 7. The van der Waals surface area contributed by atoms with Crippen LogP contribution in [0.15, 0.2) is 36.4 Å². The number of phenolic OH excluding ortho intramolecular Hbond substituents is 3. The normalized spacial score (nSPS) is 16.6. The van der Waals surface area contributed by atoms with E-state index in [0.29, 0.717) is 36.1 Å². The number of ketones is 1. The van der Waals surface area contributed by atoms with E-state index in [2.05, 4.69) is 6.58 Å². The topological polar surface area (TPSA) is 116 Å². The van der Waals surface area contributed by atoms with E-state index >= 15 is 0 Å². The molecule has 1 aliphatic heterocycles. The SMILES string of the molecule is C=C(C)[C@H](CCC(C)(C)O)Cc1c(OC)cc(O)c2c1O[C@H](c1ccc(O)cc1O)CC2=O. The predicted octanol–water partition coefficient (Wildman–Crippen LogP) is 4.80. The van der Waals surface area contributed by atoms with Crippen LogP contribution < -0.4 is 9.47 Å². The molecule has 0 spiro atoms. The van der Waals surface area contributed by atoms with Gasteiger partial charge in [-0.2, -0.15) is 0 Å². The lowest BCUT2D eigenvalue weighted by Crippen LogP contribution is -2.23. The average Bonchev–Trinajstić information content (AvgIpc) is 2.70. The summed E-state index contributed by atoms with van der Waals surface area (Å²) in [6.07, 6.45) is 0.770. The molecule has 0 bridgehead atoms. The lowest BCUT2D eigenvalue weighted by molar-refractivity contribution is 0.0650. The van der Waals surface area contributed by atoms with E-state index in [-0.39, 0.29) is 46.7 Å². The smallest absolute Gasteiger partial charge is 0.174 e. The van der Waals surface area contributed by atoms with Gasteiger partial charge < -0.3 is 29.9 Å². The highest BCUT2D eigenvalue weighted by Crippen LogP contribution is 2.48. The van der Waals surface area contributed by atoms with Crippen LogP contribution >= 0.6 is 0 Å². The van der Waals surface area contributed by atoms with Gasteiger partial charge in [-0.15, -0.1) is 0 Å². The fraction of sp³-hybridized carbons (Fsp3) is 0.423. The van der Waals surface area contributed by atoms with Crippen molar-refractivity contribution in [3.63, 3.8) is 0 Å². The molecule has 2 aromatic carbocycles. The molecule has 7 nitrogen and oxygen atoms in total. The van der Waals surface area contributed by atoms with Crippen molar-refractivity contribution in [3.8, 4) is 28.7 Å². The number of hydrogen-bond donors (Lipinski definition) is 4. The zero-order valence-corrected chi connectivity index (χ0v) is 19.5. The van der Waals surface area contributed by atoms with E-state index in [1.54, 1.807) is 13.8 Å². The van der Waals surface area contributed by atoms with Gasteiger partial charge in [0.2, 0.25) is 0 Å². The first-order valence-corrected chi connectivity index (χ1v) is 10.9. The number of ether oxygens (including phenoxy) is 2. The van der Waals surface area contributed by atoms with Crippen molar-refractivity contribution in [2.24, 2.45) is 5.92 Å². The number of rotatable bonds is 8. The molecule has 3 rings (SSSR count). The molecule has 33 heavy (non-hydrogen) atoms. The molecule has 4 N–H and O–H groups in total. The highest BCUT2D eigenvalue weighted by molar-refractivity contribution is 6.03. The van der Waals surface area contributed by atoms with Gasteiger partial charge in [0, 0.05) is 23.3 Å². The third kappa shape index (κ3) is 5.42. The summed E-state index contributed by atoms with van der Waals surface area (Å²) in [4.78, 5) is 13.0. The number of carbonyl (C=O) groups is 1. The molecule has 0 fully saturated rings. The number of allylic oxidation sites excluding steroid dienone is 1. The summed E-state index contributed by atoms with van der Waals surface area (Å²) in [6.45, 7) is 9.52. The van der Waals surface area contributed by atoms with Gasteiger partial charge in [-0.1, -0.05) is 12.2 Å². The largest absolute Gasteiger partial charge is 0.508 e. The van der Waals surface area contributed by atoms with Crippen molar-refractivity contribution < 1.29 is 34.7 Å². The summed E-state index contributed by atoms with van der Waals surface area (Å²) >= 11 is 0. The Morgan fingerprint density at radius 3 is 2.52 bits per heavy atom. The molecule has 0 saturated carbocycles. The van der Waals surface area contributed by atoms with Crippen LogP contribution in [0.2, 0.25) is 0 Å². The Labute approximate surface area is 193 Å². The second-order valence-electron chi connectivity index (χ2n) is 9.36. The predicted molar refractivity (Wildman–Crippen MR) is 124 cm³/mol. The van der Waals surface area contributed by atoms with Gasteiger partial charge in [0.1, 0.15) is 40.4 Å². The Morgan fingerprint density at radius 2 is 1.94 bits per heavy atom. The molecular formula is C26H32O7. The monoisotopic (exact) mass is 456 g/mol. The lowest BCUT2D eigenvalue weighted by Gasteiger charge is -2.30. The minimum atomic E-state index is -0.833. The third-order valence-corrected chi connectivity index (χ3v) is 6.07. The van der Waals surface area contributed by atoms with Gasteiger partial charge in [-0.25, -0.2) is 0 Å². The molecule has 0 aromatic heterocycles. The molecule has 1 heterocycles. The minimum absolute atomic E-state index is 0.0277. The van der Waals surface area contributed by atoms with Gasteiger partial charge in [-0.3, -0.25) is 4.79 Å². The molecule has 0 amide bonds. The van der Waals surface area contributed by atoms with Gasteiger partial charge >= 0.3 is 0 Å². The molecular weight excluding hydrogens is 424 g/mol. The minimum Gasteiger partial charge on any atom is -0.508 e. The number of fused-ring (bicyclic) bond motifs is 1. The molecule has 1 aliphatic rings. The van der Waals surface area contributed by atoms with Crippen molar-refractivity contribution in [3.05, 3.63) is 53.1 Å². The maximum Gasteiger partial charge on any atom is 0.174 e. The molecule has 0 unspecified atom stereocenters. The maximum atomic E-state index is 13.0. The molecule has 2 aromatic rings. The summed E-state index contributed by atoms with van der Waals surface area (Å²) in [5, 5.41) is 40.7. The summed E-state index contributed by atoms with van der Waals surface area (Å²) in [7, 11) is 1.48. The van der Waals surface area contributed by atoms with E-state index in [4.69, 9.17) is 9.47 Å². The fourth-order valence-corrected chi connectivity index (χ4v) is 4.17. The lowest BCUT2D eigenvalue weighted by atomic mass is 9.84. The van der Waals surface area contributed by atoms with Gasteiger partial charge in [0.15, 0.2) is 5.78 Å². The average molecular weight is 457 g/mol. The molecule has 7 heteroatoms. The standard InChI is InChI=1S/C26H32O7/c1-14(2)15(8-9-26(3,4)31)10-18-22(32-5)12-20(29)24-21(30)13-23(33-25(18)24)17-7-6-16(27)11-19(17)28/h6-7,11-12,15,23,27-29,31H,1,8-10,13H2,2-5H3/t15-,23+/m1/s1. The number of aromatic hydroxyl groups is 3. The van der Waals surface area contributed by atoms with Gasteiger partial charge in [0.05, 0.1) is 19.1 Å². The molecule has 0 radical (unpaired) electrons. The first-order chi connectivity index (χ1) is 15.4. The van der Waals surface area contributed by atoms with Crippen molar-refractivity contribution in [1.29, 1.82) is 0 Å². The Morgan fingerprint density at radius 1 is 1.24 bits per heavy atom. The zero-order chi connectivity index (χ0) is 24.5. The Balaban J connectivity index is 2.06.